The van der Waals surface area contributed by atoms with E-state index in [4.69, 9.17) is 5.11 Å². The molecule has 0 bridgehead atoms. The molecule has 0 spiro atoms. The molecule has 6 heteroatoms. The largest absolute Gasteiger partial charge is 0.390 e. The molecule has 0 radical (unpaired) electrons. The Balaban J connectivity index is 3.25. The molecule has 1 aromatic rings. The number of aliphatic hydroxyl groups excluding tert-OH is 1. The highest BCUT2D eigenvalue weighted by atomic mass is 79.9. The molecule has 0 aliphatic carbocycles. The van der Waals surface area contributed by atoms with Crippen LogP contribution in [-0.2, 0) is 11.9 Å². The monoisotopic (exact) mass is 269 g/mol. The van der Waals surface area contributed by atoms with Gasteiger partial charge in [-0.05, 0) is 6.07 Å². The Kier molecular flexibility index (Phi) is 3.88. The van der Waals surface area contributed by atoms with E-state index < -0.39 is 24.5 Å². The maximum atomic E-state index is 13.2. The molecule has 14 heavy (non-hydrogen) atoms. The van der Waals surface area contributed by atoms with Crippen LogP contribution in [0.4, 0.5) is 13.2 Å². The predicted octanol–water partition coefficient (Wildman–Crippen LogP) is 2.55. The normalized spacial score (nSPS) is 11.0. The predicted molar refractivity (Wildman–Crippen MR) is 47.7 cm³/mol. The van der Waals surface area contributed by atoms with Crippen LogP contribution in [0, 0.1) is 5.82 Å². The van der Waals surface area contributed by atoms with Gasteiger partial charge in [-0.15, -0.1) is 0 Å². The molecule has 0 amide bonds. The summed E-state index contributed by atoms with van der Waals surface area (Å²) >= 11 is 2.96. The van der Waals surface area contributed by atoms with Crippen LogP contribution in [0.25, 0.3) is 0 Å². The summed E-state index contributed by atoms with van der Waals surface area (Å²) in [5.74, 6) is -0.742. The van der Waals surface area contributed by atoms with Gasteiger partial charge in [0.15, 0.2) is 5.82 Å². The molecule has 1 rings (SSSR count). The third-order valence-electron chi connectivity index (χ3n) is 1.64. The van der Waals surface area contributed by atoms with Gasteiger partial charge in [0.25, 0.3) is 6.43 Å². The van der Waals surface area contributed by atoms with Gasteiger partial charge < -0.3 is 5.11 Å². The minimum atomic E-state index is -2.77. The molecule has 0 atom stereocenters. The third-order valence-corrected chi connectivity index (χ3v) is 2.24. The van der Waals surface area contributed by atoms with Crippen molar-refractivity contribution in [3.8, 4) is 0 Å². The number of alkyl halides is 3. The van der Waals surface area contributed by atoms with Crippen molar-refractivity contribution in [1.29, 1.82) is 0 Å². The highest BCUT2D eigenvalue weighted by Crippen LogP contribution is 2.22. The Labute approximate surface area is 86.9 Å². The van der Waals surface area contributed by atoms with Crippen molar-refractivity contribution in [2.45, 2.75) is 18.4 Å². The number of aromatic nitrogens is 1. The van der Waals surface area contributed by atoms with Crippen LogP contribution < -0.4 is 0 Å². The lowest BCUT2D eigenvalue weighted by Gasteiger charge is -2.07. The molecule has 1 heterocycles. The van der Waals surface area contributed by atoms with E-state index in [2.05, 4.69) is 20.9 Å². The Bertz CT molecular complexity index is 307. The SMILES string of the molecule is OCc1nc(C(F)F)cc(CBr)c1F. The van der Waals surface area contributed by atoms with Crippen molar-refractivity contribution in [2.75, 3.05) is 0 Å². The second kappa shape index (κ2) is 4.75. The van der Waals surface area contributed by atoms with E-state index in [-0.39, 0.29) is 16.6 Å². The quantitative estimate of drug-likeness (QED) is 0.856. The Morgan fingerprint density at radius 1 is 1.50 bits per heavy atom. The van der Waals surface area contributed by atoms with Crippen molar-refractivity contribution in [3.63, 3.8) is 0 Å². The second-order valence-corrected chi connectivity index (χ2v) is 3.12. The van der Waals surface area contributed by atoms with Gasteiger partial charge in [0.05, 0.1) is 6.61 Å². The lowest BCUT2D eigenvalue weighted by Crippen LogP contribution is -2.03. The maximum Gasteiger partial charge on any atom is 0.280 e. The van der Waals surface area contributed by atoms with Crippen molar-refractivity contribution in [3.05, 3.63) is 28.8 Å². The van der Waals surface area contributed by atoms with Gasteiger partial charge in [-0.2, -0.15) is 0 Å². The van der Waals surface area contributed by atoms with Crippen LogP contribution >= 0.6 is 15.9 Å². The number of hydrogen-bond acceptors (Lipinski definition) is 2. The molecule has 2 nitrogen and oxygen atoms in total. The van der Waals surface area contributed by atoms with E-state index in [1.165, 1.54) is 0 Å². The number of hydrogen-bond donors (Lipinski definition) is 1. The lowest BCUT2D eigenvalue weighted by molar-refractivity contribution is 0.144. The zero-order valence-electron chi connectivity index (χ0n) is 6.98. The zero-order chi connectivity index (χ0) is 10.7. The average Bonchev–Trinajstić information content (AvgIpc) is 2.17. The van der Waals surface area contributed by atoms with E-state index in [0.717, 1.165) is 6.07 Å². The van der Waals surface area contributed by atoms with E-state index in [0.29, 0.717) is 0 Å². The summed E-state index contributed by atoms with van der Waals surface area (Å²) in [6.45, 7) is -0.688. The van der Waals surface area contributed by atoms with Crippen molar-refractivity contribution >= 4 is 15.9 Å². The Hall–Kier alpha value is -0.620. The molecule has 0 aliphatic rings. The molecule has 0 unspecified atom stereocenters. The van der Waals surface area contributed by atoms with Crippen LogP contribution in [0.1, 0.15) is 23.4 Å². The highest BCUT2D eigenvalue weighted by molar-refractivity contribution is 9.08. The number of halogens is 4. The van der Waals surface area contributed by atoms with Crippen LogP contribution in [0.5, 0.6) is 0 Å². The minimum Gasteiger partial charge on any atom is -0.390 e. The second-order valence-electron chi connectivity index (χ2n) is 2.56. The summed E-state index contributed by atoms with van der Waals surface area (Å²) in [7, 11) is 0. The number of rotatable bonds is 3. The molecule has 0 saturated carbocycles. The average molecular weight is 270 g/mol. The first-order chi connectivity index (χ1) is 6.60. The fourth-order valence-corrected chi connectivity index (χ4v) is 1.39. The zero-order valence-corrected chi connectivity index (χ0v) is 8.56. The smallest absolute Gasteiger partial charge is 0.280 e. The minimum absolute atomic E-state index is 0.0688. The molecular formula is C8H7BrF3NO. The summed E-state index contributed by atoms with van der Waals surface area (Å²) in [6, 6.07) is 0.980. The third kappa shape index (κ3) is 2.24. The standard InChI is InChI=1S/C8H7BrF3NO/c9-2-4-1-5(8(11)12)13-6(3-14)7(4)10/h1,8,14H,2-3H2. The lowest BCUT2D eigenvalue weighted by atomic mass is 10.2. The molecular weight excluding hydrogens is 263 g/mol. The van der Waals surface area contributed by atoms with Gasteiger partial charge in [0.1, 0.15) is 11.4 Å². The fraction of sp³-hybridized carbons (Fsp3) is 0.375. The summed E-state index contributed by atoms with van der Waals surface area (Å²) in [5, 5.41) is 8.79. The summed E-state index contributed by atoms with van der Waals surface area (Å²) in [5.41, 5.74) is -0.804. The molecule has 1 aromatic heterocycles. The molecule has 0 aromatic carbocycles. The molecule has 1 N–H and O–H groups in total. The maximum absolute atomic E-state index is 13.2. The molecule has 0 saturated heterocycles. The summed E-state index contributed by atoms with van der Waals surface area (Å²) < 4.78 is 37.7. The summed E-state index contributed by atoms with van der Waals surface area (Å²) in [4.78, 5) is 3.30. The van der Waals surface area contributed by atoms with Crippen LogP contribution in [0.2, 0.25) is 0 Å². The van der Waals surface area contributed by atoms with Gasteiger partial charge >= 0.3 is 0 Å². The first kappa shape index (κ1) is 11.5. The van der Waals surface area contributed by atoms with Crippen molar-refractivity contribution < 1.29 is 18.3 Å². The number of nitrogens with zero attached hydrogens (tertiary/aromatic N) is 1. The van der Waals surface area contributed by atoms with E-state index in [1.807, 2.05) is 0 Å². The van der Waals surface area contributed by atoms with Crippen molar-refractivity contribution in [2.24, 2.45) is 0 Å². The van der Waals surface area contributed by atoms with E-state index >= 15 is 0 Å². The van der Waals surface area contributed by atoms with Gasteiger partial charge in [-0.3, -0.25) is 0 Å². The van der Waals surface area contributed by atoms with Crippen LogP contribution in [-0.4, -0.2) is 10.1 Å². The van der Waals surface area contributed by atoms with E-state index in [1.54, 1.807) is 0 Å². The van der Waals surface area contributed by atoms with Crippen LogP contribution in [0.3, 0.4) is 0 Å². The van der Waals surface area contributed by atoms with Gasteiger partial charge in [-0.25, -0.2) is 18.2 Å². The molecule has 0 aliphatic heterocycles. The van der Waals surface area contributed by atoms with Crippen molar-refractivity contribution in [1.82, 2.24) is 4.98 Å². The first-order valence-corrected chi connectivity index (χ1v) is 4.85. The Morgan fingerprint density at radius 3 is 2.57 bits per heavy atom. The number of aliphatic hydroxyl groups is 1. The van der Waals surface area contributed by atoms with Crippen LogP contribution in [0.15, 0.2) is 6.07 Å². The van der Waals surface area contributed by atoms with Gasteiger partial charge in [-0.1, -0.05) is 15.9 Å². The summed E-state index contributed by atoms with van der Waals surface area (Å²) in [6.07, 6.45) is -2.77. The molecule has 78 valence electrons. The highest BCUT2D eigenvalue weighted by Gasteiger charge is 2.16. The first-order valence-electron chi connectivity index (χ1n) is 3.73. The number of pyridine rings is 1. The van der Waals surface area contributed by atoms with Gasteiger partial charge in [0, 0.05) is 10.9 Å². The Morgan fingerprint density at radius 2 is 2.14 bits per heavy atom. The fourth-order valence-electron chi connectivity index (χ4n) is 0.978. The van der Waals surface area contributed by atoms with E-state index in [9.17, 15) is 13.2 Å². The topological polar surface area (TPSA) is 33.1 Å². The molecule has 0 fully saturated rings. The van der Waals surface area contributed by atoms with Gasteiger partial charge in [0.2, 0.25) is 0 Å².